The van der Waals surface area contributed by atoms with E-state index >= 15 is 0 Å². The minimum Gasteiger partial charge on any atom is -0.268 e. The standard InChI is InChI=1S/C17H12FNO2S/c1-11-2-8-14(9-3-11)19-16(20)15(22-17(19)21)10-12-4-6-13(18)7-5-12/h2-10H,1H3/b15-10+. The summed E-state index contributed by atoms with van der Waals surface area (Å²) in [6.07, 6.45) is 1.60. The first-order chi connectivity index (χ1) is 10.5. The smallest absolute Gasteiger partial charge is 0.268 e. The summed E-state index contributed by atoms with van der Waals surface area (Å²) in [6.45, 7) is 1.94. The predicted molar refractivity (Wildman–Crippen MR) is 86.0 cm³/mol. The largest absolute Gasteiger partial charge is 0.298 e. The van der Waals surface area contributed by atoms with Crippen LogP contribution in [0.2, 0.25) is 0 Å². The highest BCUT2D eigenvalue weighted by Crippen LogP contribution is 2.35. The van der Waals surface area contributed by atoms with Crippen molar-refractivity contribution in [2.24, 2.45) is 0 Å². The number of halogens is 1. The van der Waals surface area contributed by atoms with Gasteiger partial charge in [0.05, 0.1) is 10.6 Å². The molecule has 0 bridgehead atoms. The molecule has 1 aliphatic rings. The summed E-state index contributed by atoms with van der Waals surface area (Å²) >= 11 is 0.885. The number of rotatable bonds is 2. The lowest BCUT2D eigenvalue weighted by atomic mass is 10.2. The van der Waals surface area contributed by atoms with Crippen LogP contribution in [0.1, 0.15) is 11.1 Å². The molecule has 2 aromatic rings. The van der Waals surface area contributed by atoms with Gasteiger partial charge in [0, 0.05) is 0 Å². The van der Waals surface area contributed by atoms with Crippen molar-refractivity contribution in [2.75, 3.05) is 4.90 Å². The summed E-state index contributed by atoms with van der Waals surface area (Å²) < 4.78 is 12.9. The predicted octanol–water partition coefficient (Wildman–Crippen LogP) is 4.38. The molecule has 5 heteroatoms. The molecule has 1 aliphatic heterocycles. The lowest BCUT2D eigenvalue weighted by molar-refractivity contribution is -0.113. The minimum absolute atomic E-state index is 0.331. The van der Waals surface area contributed by atoms with Crippen molar-refractivity contribution in [3.05, 3.63) is 70.4 Å². The molecule has 2 aromatic carbocycles. The Bertz CT molecular complexity index is 766. The zero-order valence-corrected chi connectivity index (χ0v) is 12.6. The lowest BCUT2D eigenvalue weighted by Crippen LogP contribution is -2.27. The Morgan fingerprint density at radius 1 is 1.00 bits per heavy atom. The van der Waals surface area contributed by atoms with Gasteiger partial charge in [0.25, 0.3) is 11.1 Å². The first kappa shape index (κ1) is 14.5. The number of aryl methyl sites for hydroxylation is 1. The van der Waals surface area contributed by atoms with E-state index in [-0.39, 0.29) is 17.0 Å². The van der Waals surface area contributed by atoms with Crippen LogP contribution >= 0.6 is 11.8 Å². The summed E-state index contributed by atoms with van der Waals surface area (Å²) in [4.78, 5) is 26.0. The molecular formula is C17H12FNO2S. The van der Waals surface area contributed by atoms with Gasteiger partial charge >= 0.3 is 0 Å². The number of imide groups is 1. The van der Waals surface area contributed by atoms with Gasteiger partial charge in [-0.1, -0.05) is 29.8 Å². The van der Waals surface area contributed by atoms with Crippen LogP contribution in [0.4, 0.5) is 14.9 Å². The van der Waals surface area contributed by atoms with Crippen LogP contribution in [0.5, 0.6) is 0 Å². The van der Waals surface area contributed by atoms with Crippen LogP contribution < -0.4 is 4.90 Å². The number of nitrogens with zero attached hydrogens (tertiary/aromatic N) is 1. The SMILES string of the molecule is Cc1ccc(N2C(=O)S/C(=C/c3ccc(F)cc3)C2=O)cc1. The Hall–Kier alpha value is -2.40. The molecule has 0 N–H and O–H groups in total. The van der Waals surface area contributed by atoms with Crippen molar-refractivity contribution >= 4 is 34.7 Å². The zero-order valence-electron chi connectivity index (χ0n) is 11.7. The average Bonchev–Trinajstić information content (AvgIpc) is 2.77. The van der Waals surface area contributed by atoms with E-state index in [1.807, 2.05) is 19.1 Å². The molecule has 0 atom stereocenters. The van der Waals surface area contributed by atoms with Crippen molar-refractivity contribution in [1.82, 2.24) is 0 Å². The molecule has 0 unspecified atom stereocenters. The molecule has 0 spiro atoms. The van der Waals surface area contributed by atoms with Gasteiger partial charge in [0.2, 0.25) is 0 Å². The molecule has 0 aromatic heterocycles. The molecule has 0 aliphatic carbocycles. The summed E-state index contributed by atoms with van der Waals surface area (Å²) in [5, 5.41) is -0.331. The third-order valence-electron chi connectivity index (χ3n) is 3.25. The third kappa shape index (κ3) is 2.80. The Kier molecular flexibility index (Phi) is 3.81. The normalized spacial score (nSPS) is 16.6. The number of carbonyl (C=O) groups excluding carboxylic acids is 2. The number of amides is 2. The fourth-order valence-corrected chi connectivity index (χ4v) is 2.94. The van der Waals surface area contributed by atoms with E-state index in [4.69, 9.17) is 0 Å². The second kappa shape index (κ2) is 5.77. The van der Waals surface area contributed by atoms with Crippen molar-refractivity contribution < 1.29 is 14.0 Å². The summed E-state index contributed by atoms with van der Waals surface area (Å²) in [5.74, 6) is -0.701. The van der Waals surface area contributed by atoms with Gasteiger partial charge < -0.3 is 0 Å². The maximum absolute atomic E-state index is 12.9. The molecule has 1 saturated heterocycles. The maximum Gasteiger partial charge on any atom is 0.298 e. The van der Waals surface area contributed by atoms with Crippen molar-refractivity contribution in [3.63, 3.8) is 0 Å². The van der Waals surface area contributed by atoms with Crippen molar-refractivity contribution in [1.29, 1.82) is 0 Å². The fraction of sp³-hybridized carbons (Fsp3) is 0.0588. The number of carbonyl (C=O) groups is 2. The van der Waals surface area contributed by atoms with Crippen LogP contribution in [0.25, 0.3) is 6.08 Å². The molecule has 0 saturated carbocycles. The molecule has 0 radical (unpaired) electrons. The molecule has 22 heavy (non-hydrogen) atoms. The van der Waals surface area contributed by atoms with Crippen molar-refractivity contribution in [3.8, 4) is 0 Å². The molecule has 1 heterocycles. The van der Waals surface area contributed by atoms with Crippen LogP contribution in [0.3, 0.4) is 0 Å². The van der Waals surface area contributed by atoms with E-state index < -0.39 is 0 Å². The summed E-state index contributed by atoms with van der Waals surface area (Å²) in [6, 6.07) is 12.9. The monoisotopic (exact) mass is 313 g/mol. The molecular weight excluding hydrogens is 301 g/mol. The molecule has 3 nitrogen and oxygen atoms in total. The Balaban J connectivity index is 1.91. The van der Waals surface area contributed by atoms with Gasteiger partial charge in [-0.05, 0) is 54.6 Å². The minimum atomic E-state index is -0.358. The first-order valence-corrected chi connectivity index (χ1v) is 7.46. The van der Waals surface area contributed by atoms with Crippen LogP contribution in [-0.4, -0.2) is 11.1 Å². The summed E-state index contributed by atoms with van der Waals surface area (Å²) in [5.41, 5.74) is 2.28. The zero-order chi connectivity index (χ0) is 15.7. The van der Waals surface area contributed by atoms with E-state index in [2.05, 4.69) is 0 Å². The number of anilines is 1. The van der Waals surface area contributed by atoms with Crippen LogP contribution in [0.15, 0.2) is 53.4 Å². The highest BCUT2D eigenvalue weighted by atomic mass is 32.2. The van der Waals surface area contributed by atoms with E-state index in [0.717, 1.165) is 22.2 Å². The van der Waals surface area contributed by atoms with E-state index in [1.165, 1.54) is 12.1 Å². The van der Waals surface area contributed by atoms with E-state index in [9.17, 15) is 14.0 Å². The maximum atomic E-state index is 12.9. The Morgan fingerprint density at radius 2 is 1.64 bits per heavy atom. The van der Waals surface area contributed by atoms with Gasteiger partial charge in [0.15, 0.2) is 0 Å². The Labute approximate surface area is 131 Å². The number of hydrogen-bond acceptors (Lipinski definition) is 3. The molecule has 110 valence electrons. The van der Waals surface area contributed by atoms with Gasteiger partial charge in [0.1, 0.15) is 5.82 Å². The van der Waals surface area contributed by atoms with Crippen LogP contribution in [-0.2, 0) is 4.79 Å². The van der Waals surface area contributed by atoms with Gasteiger partial charge in [-0.25, -0.2) is 9.29 Å². The van der Waals surface area contributed by atoms with E-state index in [1.54, 1.807) is 30.3 Å². The lowest BCUT2D eigenvalue weighted by Gasteiger charge is -2.12. The van der Waals surface area contributed by atoms with Gasteiger partial charge in [-0.3, -0.25) is 9.59 Å². The molecule has 1 fully saturated rings. The van der Waals surface area contributed by atoms with Crippen molar-refractivity contribution in [2.45, 2.75) is 6.92 Å². The van der Waals surface area contributed by atoms with Crippen LogP contribution in [0, 0.1) is 12.7 Å². The van der Waals surface area contributed by atoms with Gasteiger partial charge in [-0.15, -0.1) is 0 Å². The highest BCUT2D eigenvalue weighted by molar-refractivity contribution is 8.19. The molecule has 3 rings (SSSR count). The number of thioether (sulfide) groups is 1. The summed E-state index contributed by atoms with van der Waals surface area (Å²) in [7, 11) is 0. The highest BCUT2D eigenvalue weighted by Gasteiger charge is 2.36. The second-order valence-corrected chi connectivity index (χ2v) is 5.90. The quantitative estimate of drug-likeness (QED) is 0.772. The first-order valence-electron chi connectivity index (χ1n) is 6.65. The number of benzene rings is 2. The fourth-order valence-electron chi connectivity index (χ4n) is 2.09. The topological polar surface area (TPSA) is 37.4 Å². The molecule has 2 amide bonds. The second-order valence-electron chi connectivity index (χ2n) is 4.90. The third-order valence-corrected chi connectivity index (χ3v) is 4.12. The van der Waals surface area contributed by atoms with Gasteiger partial charge in [-0.2, -0.15) is 0 Å². The number of hydrogen-bond donors (Lipinski definition) is 0. The Morgan fingerprint density at radius 3 is 2.27 bits per heavy atom. The average molecular weight is 313 g/mol. The van der Waals surface area contributed by atoms with E-state index in [0.29, 0.717) is 16.2 Å².